The van der Waals surface area contributed by atoms with E-state index in [2.05, 4.69) is 77.5 Å². The van der Waals surface area contributed by atoms with E-state index in [1.807, 2.05) is 26.0 Å². The Hall–Kier alpha value is -4.86. The third-order valence-corrected chi connectivity index (χ3v) is 14.9. The van der Waals surface area contributed by atoms with Crippen LogP contribution in [0, 0.1) is 31.6 Å². The standard InChI is InChI=1S/C55H78N4O6/c1-13-39-34(7)41-29-46-48(38(11)60)36(9)43(57-46)27-42-35(8)40(52(58-42)50-51(55(63)64-12)54(62)49-37(10)44(59-53(49)50)28-45(39)56-41)23-24-47(61)65-26-25-33(6)22-16-21-32(5)20-15-19-31(4)18-14-17-30(2)3/h25,27-32,34-35,39-40,51,57,59-60,62H,13-24,26H2,1-12H3/b33-25+,42-27?,45-28?,46-29?,48-38?/t31-,32+,34+,35-,39+,40-,51+/m0/s1. The molecule has 5 heterocycles. The van der Waals surface area contributed by atoms with Crippen LogP contribution in [0.25, 0.3) is 33.6 Å². The van der Waals surface area contributed by atoms with Gasteiger partial charge in [0.2, 0.25) is 0 Å². The van der Waals surface area contributed by atoms with Crippen LogP contribution >= 0.6 is 0 Å². The highest BCUT2D eigenvalue weighted by atomic mass is 16.5. The topological polar surface area (TPSA) is 150 Å². The van der Waals surface area contributed by atoms with E-state index in [0.717, 1.165) is 81.1 Å². The number of rotatable bonds is 19. The van der Waals surface area contributed by atoms with E-state index in [1.165, 1.54) is 57.6 Å². The molecule has 4 N–H and O–H groups in total. The summed E-state index contributed by atoms with van der Waals surface area (Å²) in [4.78, 5) is 44.8. The lowest BCUT2D eigenvalue weighted by molar-refractivity contribution is -0.143. The fraction of sp³-hybridized carbons (Fsp3) is 0.600. The first-order chi connectivity index (χ1) is 30.9. The number of aromatic nitrogens is 4. The quantitative estimate of drug-likeness (QED) is 0.0686. The van der Waals surface area contributed by atoms with Crippen molar-refractivity contribution in [2.24, 2.45) is 17.8 Å². The number of nitrogens with one attached hydrogen (secondary N) is 2. The molecular formula is C55H78N4O6. The zero-order valence-corrected chi connectivity index (χ0v) is 41.5. The number of aliphatic hydroxyl groups is 2. The molecule has 2 aliphatic heterocycles. The third kappa shape index (κ3) is 11.1. The van der Waals surface area contributed by atoms with Crippen molar-refractivity contribution in [2.75, 3.05) is 13.7 Å². The lowest BCUT2D eigenvalue weighted by Gasteiger charge is -2.19. The largest absolute Gasteiger partial charge is 0.512 e. The number of nitrogens with zero attached hydrogens (tertiary/aromatic N) is 2. The van der Waals surface area contributed by atoms with Gasteiger partial charge in [0.25, 0.3) is 0 Å². The van der Waals surface area contributed by atoms with Crippen molar-refractivity contribution in [1.29, 1.82) is 0 Å². The summed E-state index contributed by atoms with van der Waals surface area (Å²) in [5.41, 5.74) is 9.71. The Balaban J connectivity index is 1.25. The second-order valence-corrected chi connectivity index (χ2v) is 20.4. The minimum Gasteiger partial charge on any atom is -0.512 e. The first kappa shape index (κ1) is 49.6. The summed E-state index contributed by atoms with van der Waals surface area (Å²) in [7, 11) is 1.33. The highest BCUT2D eigenvalue weighted by Crippen LogP contribution is 2.46. The maximum absolute atomic E-state index is 13.7. The monoisotopic (exact) mass is 891 g/mol. The van der Waals surface area contributed by atoms with Gasteiger partial charge in [-0.3, -0.25) is 19.6 Å². The smallest absolute Gasteiger partial charge is 0.321 e. The Morgan fingerprint density at radius 1 is 0.800 bits per heavy atom. The highest BCUT2D eigenvalue weighted by molar-refractivity contribution is 5.96. The van der Waals surface area contributed by atoms with Crippen molar-refractivity contribution in [3.63, 3.8) is 0 Å². The molecule has 3 aromatic heterocycles. The number of aliphatic hydroxyl groups excluding tert-OH is 2. The normalized spacial score (nSPS) is 20.9. The van der Waals surface area contributed by atoms with Gasteiger partial charge in [0.05, 0.1) is 29.6 Å². The van der Waals surface area contributed by atoms with Crippen LogP contribution in [0.5, 0.6) is 0 Å². The number of esters is 2. The Kier molecular flexibility index (Phi) is 16.5. The van der Waals surface area contributed by atoms with Gasteiger partial charge in [-0.1, -0.05) is 99.0 Å². The summed E-state index contributed by atoms with van der Waals surface area (Å²) < 4.78 is 11.1. The predicted molar refractivity (Wildman–Crippen MR) is 264 cm³/mol. The van der Waals surface area contributed by atoms with Crippen molar-refractivity contribution in [2.45, 2.75) is 183 Å². The molecule has 0 saturated carbocycles. The number of methoxy groups -OCH3 is 1. The molecule has 3 aromatic rings. The fourth-order valence-corrected chi connectivity index (χ4v) is 10.8. The number of fused-ring (bicyclic) bond motifs is 8. The van der Waals surface area contributed by atoms with Crippen LogP contribution in [0.1, 0.15) is 208 Å². The summed E-state index contributed by atoms with van der Waals surface area (Å²) in [6, 6.07) is 6.12. The lowest BCUT2D eigenvalue weighted by Crippen LogP contribution is -2.18. The van der Waals surface area contributed by atoms with Crippen molar-refractivity contribution in [3.05, 3.63) is 79.8 Å². The number of carbonyl (C=O) groups excluding carboxylic acids is 2. The molecule has 1 aliphatic carbocycles. The molecule has 10 heteroatoms. The van der Waals surface area contributed by atoms with Crippen molar-refractivity contribution in [3.8, 4) is 0 Å². The van der Waals surface area contributed by atoms with E-state index >= 15 is 0 Å². The summed E-state index contributed by atoms with van der Waals surface area (Å²) >= 11 is 0. The van der Waals surface area contributed by atoms with E-state index in [1.54, 1.807) is 6.92 Å². The number of hydrogen-bond donors (Lipinski definition) is 4. The molecule has 354 valence electrons. The van der Waals surface area contributed by atoms with Crippen LogP contribution < -0.4 is 10.4 Å². The molecular weight excluding hydrogens is 813 g/mol. The molecule has 65 heavy (non-hydrogen) atoms. The Bertz CT molecular complexity index is 2540. The second-order valence-electron chi connectivity index (χ2n) is 20.4. The minimum absolute atomic E-state index is 0.0748. The molecule has 0 unspecified atom stereocenters. The van der Waals surface area contributed by atoms with E-state index in [9.17, 15) is 19.8 Å². The zero-order valence-electron chi connectivity index (χ0n) is 41.5. The molecule has 0 spiro atoms. The van der Waals surface area contributed by atoms with E-state index < -0.39 is 11.9 Å². The number of aromatic amines is 2. The lowest BCUT2D eigenvalue weighted by atomic mass is 9.84. The van der Waals surface area contributed by atoms with Crippen LogP contribution in [-0.4, -0.2) is 55.8 Å². The SMILES string of the molecule is CC[C@H]1c2cc3[nH]c4c(c5nc(cc6[nH]c(cc(n2)[C@@H]1C)c(=C(C)O)c6C)[C@@H](C)[C@@H]5CCC(=O)OC/C=C(\C)CCC[C@H](C)CCC[C@@H](C)CCCC(C)C)[C@@H](C(=O)OC)C(O)=c4c3C. The Labute approximate surface area is 387 Å². The van der Waals surface area contributed by atoms with Gasteiger partial charge in [0, 0.05) is 74.2 Å². The fourth-order valence-electron chi connectivity index (χ4n) is 10.8. The predicted octanol–water partition coefficient (Wildman–Crippen LogP) is 12.4. The Morgan fingerprint density at radius 2 is 1.40 bits per heavy atom. The number of allylic oxidation sites excluding steroid dienone is 1. The molecule has 0 fully saturated rings. The van der Waals surface area contributed by atoms with Gasteiger partial charge in [-0.25, -0.2) is 0 Å². The molecule has 8 bridgehead atoms. The van der Waals surface area contributed by atoms with Crippen LogP contribution in [0.3, 0.4) is 0 Å². The minimum atomic E-state index is -1.09. The number of ether oxygens (including phenoxy) is 2. The number of hydrogen-bond acceptors (Lipinski definition) is 8. The van der Waals surface area contributed by atoms with Gasteiger partial charge >= 0.3 is 11.9 Å². The van der Waals surface area contributed by atoms with Crippen molar-refractivity contribution >= 4 is 45.5 Å². The molecule has 6 rings (SSSR count). The van der Waals surface area contributed by atoms with Gasteiger partial charge in [0.15, 0.2) is 0 Å². The van der Waals surface area contributed by atoms with Crippen molar-refractivity contribution < 1.29 is 29.3 Å². The van der Waals surface area contributed by atoms with Gasteiger partial charge in [0.1, 0.15) is 18.3 Å². The van der Waals surface area contributed by atoms with Crippen molar-refractivity contribution in [1.82, 2.24) is 19.9 Å². The number of H-pyrrole nitrogens is 2. The van der Waals surface area contributed by atoms with E-state index in [-0.39, 0.29) is 54.2 Å². The van der Waals surface area contributed by atoms with Crippen LogP contribution in [0.2, 0.25) is 0 Å². The summed E-state index contributed by atoms with van der Waals surface area (Å²) in [5.74, 6) is 0.302. The molecule has 0 amide bonds. The number of aryl methyl sites for hydroxylation is 2. The maximum atomic E-state index is 13.7. The van der Waals surface area contributed by atoms with Gasteiger partial charge in [-0.05, 0) is 107 Å². The first-order valence-electron chi connectivity index (χ1n) is 24.7. The Morgan fingerprint density at radius 3 is 2.05 bits per heavy atom. The van der Waals surface area contributed by atoms with Crippen LogP contribution in [-0.2, 0) is 19.1 Å². The molecule has 10 nitrogen and oxygen atoms in total. The van der Waals surface area contributed by atoms with Gasteiger partial charge in [-0.2, -0.15) is 0 Å². The second kappa shape index (κ2) is 21.6. The van der Waals surface area contributed by atoms with E-state index in [0.29, 0.717) is 34.3 Å². The van der Waals surface area contributed by atoms with E-state index in [4.69, 9.17) is 19.4 Å². The molecule has 0 radical (unpaired) electrons. The van der Waals surface area contributed by atoms with Crippen LogP contribution in [0.15, 0.2) is 29.8 Å². The average molecular weight is 891 g/mol. The molecule has 3 aliphatic rings. The molecule has 7 atom stereocenters. The molecule has 0 saturated heterocycles. The van der Waals surface area contributed by atoms with Gasteiger partial charge in [-0.15, -0.1) is 0 Å². The maximum Gasteiger partial charge on any atom is 0.321 e. The average Bonchev–Trinajstić information content (AvgIpc) is 4.00. The number of carbonyl (C=O) groups is 2. The third-order valence-electron chi connectivity index (χ3n) is 14.9. The summed E-state index contributed by atoms with van der Waals surface area (Å²) in [6.07, 6.45) is 14.8. The van der Waals surface area contributed by atoms with Gasteiger partial charge < -0.3 is 29.7 Å². The zero-order chi connectivity index (χ0) is 47.3. The highest BCUT2D eigenvalue weighted by Gasteiger charge is 2.42. The van der Waals surface area contributed by atoms with Crippen LogP contribution in [0.4, 0.5) is 0 Å². The first-order valence-corrected chi connectivity index (χ1v) is 24.7. The molecule has 0 aromatic carbocycles. The summed E-state index contributed by atoms with van der Waals surface area (Å²) in [6.45, 7) is 23.8. The summed E-state index contributed by atoms with van der Waals surface area (Å²) in [5, 5.41) is 24.2.